The molecule has 1 saturated heterocycles. The van der Waals surface area contributed by atoms with Gasteiger partial charge in [-0.1, -0.05) is 29.3 Å². The Morgan fingerprint density at radius 2 is 1.85 bits per heavy atom. The minimum Gasteiger partial charge on any atom is -0.325 e. The zero-order valence-corrected chi connectivity index (χ0v) is 15.8. The number of nitrogens with one attached hydrogen (secondary N) is 1. The zero-order chi connectivity index (χ0) is 18.7. The van der Waals surface area contributed by atoms with Crippen LogP contribution in [0.15, 0.2) is 48.5 Å². The second kappa shape index (κ2) is 8.12. The summed E-state index contributed by atoms with van der Waals surface area (Å²) >= 11 is 12.9. The van der Waals surface area contributed by atoms with Crippen molar-refractivity contribution in [1.82, 2.24) is 0 Å². The first-order chi connectivity index (χ1) is 12.4. The number of benzene rings is 2. The molecule has 3 rings (SSSR count). The van der Waals surface area contributed by atoms with Gasteiger partial charge in [0.05, 0.1) is 16.7 Å². The van der Waals surface area contributed by atoms with E-state index in [-0.39, 0.29) is 29.9 Å². The summed E-state index contributed by atoms with van der Waals surface area (Å²) in [4.78, 5) is 37.9. The van der Waals surface area contributed by atoms with Gasteiger partial charge in [-0.15, -0.1) is 11.8 Å². The largest absolute Gasteiger partial charge is 0.325 e. The molecule has 0 aromatic heterocycles. The number of carbonyl (C=O) groups is 3. The summed E-state index contributed by atoms with van der Waals surface area (Å²) in [6.45, 7) is 0. The van der Waals surface area contributed by atoms with E-state index in [0.29, 0.717) is 21.4 Å². The van der Waals surface area contributed by atoms with Crippen molar-refractivity contribution in [3.05, 3.63) is 58.6 Å². The Balaban J connectivity index is 1.59. The number of rotatable bonds is 5. The second-order valence-electron chi connectivity index (χ2n) is 5.61. The maximum atomic E-state index is 12.5. The van der Waals surface area contributed by atoms with E-state index in [9.17, 15) is 14.4 Å². The van der Waals surface area contributed by atoms with Crippen molar-refractivity contribution >= 4 is 64.1 Å². The molecule has 0 bridgehead atoms. The Morgan fingerprint density at radius 3 is 2.54 bits per heavy atom. The number of hydrogen-bond acceptors (Lipinski definition) is 4. The van der Waals surface area contributed by atoms with Crippen LogP contribution in [0.3, 0.4) is 0 Å². The maximum absolute atomic E-state index is 12.5. The number of amides is 3. The van der Waals surface area contributed by atoms with Crippen LogP contribution in [0.2, 0.25) is 10.0 Å². The van der Waals surface area contributed by atoms with Crippen LogP contribution < -0.4 is 10.2 Å². The van der Waals surface area contributed by atoms with Crippen LogP contribution in [0.25, 0.3) is 0 Å². The number of halogens is 2. The molecule has 2 aromatic rings. The highest BCUT2D eigenvalue weighted by molar-refractivity contribution is 8.01. The lowest BCUT2D eigenvalue weighted by atomic mass is 10.3. The molecule has 2 aromatic carbocycles. The number of thioether (sulfide) groups is 1. The lowest BCUT2D eigenvalue weighted by molar-refractivity contribution is -0.121. The van der Waals surface area contributed by atoms with Gasteiger partial charge in [0.15, 0.2) is 0 Å². The average Bonchev–Trinajstić information content (AvgIpc) is 2.89. The Labute approximate surface area is 164 Å². The van der Waals surface area contributed by atoms with Crippen LogP contribution in [-0.4, -0.2) is 28.7 Å². The lowest BCUT2D eigenvalue weighted by Gasteiger charge is -2.15. The molecule has 134 valence electrons. The summed E-state index contributed by atoms with van der Waals surface area (Å²) < 4.78 is 0. The maximum Gasteiger partial charge on any atom is 0.247 e. The van der Waals surface area contributed by atoms with Crippen molar-refractivity contribution in [2.45, 2.75) is 11.7 Å². The first kappa shape index (κ1) is 18.8. The first-order valence-electron chi connectivity index (χ1n) is 7.73. The normalized spacial score (nSPS) is 16.8. The van der Waals surface area contributed by atoms with Gasteiger partial charge in [0, 0.05) is 22.2 Å². The van der Waals surface area contributed by atoms with E-state index in [4.69, 9.17) is 23.2 Å². The van der Waals surface area contributed by atoms with E-state index >= 15 is 0 Å². The smallest absolute Gasteiger partial charge is 0.247 e. The van der Waals surface area contributed by atoms with Gasteiger partial charge in [-0.05, 0) is 42.5 Å². The number of carbonyl (C=O) groups excluding carboxylic acids is 3. The Morgan fingerprint density at radius 1 is 1.12 bits per heavy atom. The van der Waals surface area contributed by atoms with Gasteiger partial charge in [-0.25, -0.2) is 4.90 Å². The quantitative estimate of drug-likeness (QED) is 0.759. The van der Waals surface area contributed by atoms with Crippen molar-refractivity contribution in [3.8, 4) is 0 Å². The van der Waals surface area contributed by atoms with Crippen molar-refractivity contribution in [1.29, 1.82) is 0 Å². The Kier molecular flexibility index (Phi) is 5.86. The molecule has 0 aliphatic carbocycles. The molecule has 1 aliphatic heterocycles. The van der Waals surface area contributed by atoms with E-state index < -0.39 is 5.25 Å². The average molecular weight is 409 g/mol. The van der Waals surface area contributed by atoms with Crippen molar-refractivity contribution in [3.63, 3.8) is 0 Å². The monoisotopic (exact) mass is 408 g/mol. The summed E-state index contributed by atoms with van der Waals surface area (Å²) in [6.07, 6.45) is 0.0598. The van der Waals surface area contributed by atoms with Gasteiger partial charge >= 0.3 is 0 Å². The molecule has 8 heteroatoms. The Hall–Kier alpha value is -2.02. The molecular formula is C18H14Cl2N2O3S. The zero-order valence-electron chi connectivity index (χ0n) is 13.4. The third-order valence-electron chi connectivity index (χ3n) is 3.72. The molecule has 1 aliphatic rings. The number of hydrogen-bond donors (Lipinski definition) is 1. The highest BCUT2D eigenvalue weighted by Crippen LogP contribution is 2.30. The van der Waals surface area contributed by atoms with Crippen LogP contribution in [-0.2, 0) is 14.4 Å². The molecule has 1 atom stereocenters. The van der Waals surface area contributed by atoms with Gasteiger partial charge in [0.2, 0.25) is 17.7 Å². The minimum absolute atomic E-state index is 0.0598. The molecule has 1 fully saturated rings. The van der Waals surface area contributed by atoms with Crippen LogP contribution in [0.5, 0.6) is 0 Å². The van der Waals surface area contributed by atoms with Gasteiger partial charge in [0.1, 0.15) is 0 Å². The number of anilines is 2. The van der Waals surface area contributed by atoms with E-state index in [0.717, 1.165) is 16.7 Å². The SMILES string of the molecule is O=C(CSC1CC(=O)N(c2cccc(Cl)c2)C1=O)Nc1ccc(Cl)cc1. The fraction of sp³-hybridized carbons (Fsp3) is 0.167. The standard InChI is InChI=1S/C18H14Cl2N2O3S/c19-11-4-6-13(7-5-11)21-16(23)10-26-15-9-17(24)22(18(15)25)14-3-1-2-12(20)8-14/h1-8,15H,9-10H2,(H,21,23). The second-order valence-corrected chi connectivity index (χ2v) is 7.67. The predicted molar refractivity (Wildman–Crippen MR) is 105 cm³/mol. The van der Waals surface area contributed by atoms with Crippen LogP contribution >= 0.6 is 35.0 Å². The lowest BCUT2D eigenvalue weighted by Crippen LogP contribution is -2.31. The highest BCUT2D eigenvalue weighted by atomic mass is 35.5. The van der Waals surface area contributed by atoms with Crippen LogP contribution in [0.1, 0.15) is 6.42 Å². The molecule has 1 unspecified atom stereocenters. The van der Waals surface area contributed by atoms with E-state index in [1.807, 2.05) is 0 Å². The fourth-order valence-electron chi connectivity index (χ4n) is 2.53. The van der Waals surface area contributed by atoms with Gasteiger partial charge < -0.3 is 5.32 Å². The number of nitrogens with zero attached hydrogens (tertiary/aromatic N) is 1. The molecular weight excluding hydrogens is 395 g/mol. The highest BCUT2D eigenvalue weighted by Gasteiger charge is 2.40. The Bertz CT molecular complexity index is 858. The predicted octanol–water partition coefficient (Wildman–Crippen LogP) is 4.00. The van der Waals surface area contributed by atoms with Crippen LogP contribution in [0, 0.1) is 0 Å². The molecule has 3 amide bonds. The van der Waals surface area contributed by atoms with Crippen molar-refractivity contribution in [2.75, 3.05) is 16.0 Å². The van der Waals surface area contributed by atoms with E-state index in [1.54, 1.807) is 48.5 Å². The molecule has 5 nitrogen and oxygen atoms in total. The van der Waals surface area contributed by atoms with Crippen molar-refractivity contribution < 1.29 is 14.4 Å². The molecule has 0 radical (unpaired) electrons. The summed E-state index contributed by atoms with van der Waals surface area (Å²) in [5.74, 6) is -0.816. The van der Waals surface area contributed by atoms with Gasteiger partial charge in [0.25, 0.3) is 0 Å². The number of imide groups is 1. The molecule has 1 heterocycles. The molecule has 26 heavy (non-hydrogen) atoms. The summed E-state index contributed by atoms with van der Waals surface area (Å²) in [5.41, 5.74) is 1.07. The molecule has 1 N–H and O–H groups in total. The fourth-order valence-corrected chi connectivity index (χ4v) is 3.77. The summed E-state index contributed by atoms with van der Waals surface area (Å²) in [6, 6.07) is 13.3. The van der Waals surface area contributed by atoms with E-state index in [1.165, 1.54) is 0 Å². The third kappa shape index (κ3) is 4.38. The third-order valence-corrected chi connectivity index (χ3v) is 5.40. The van der Waals surface area contributed by atoms with Gasteiger partial charge in [-0.3, -0.25) is 14.4 Å². The summed E-state index contributed by atoms with van der Waals surface area (Å²) in [7, 11) is 0. The van der Waals surface area contributed by atoms with Crippen molar-refractivity contribution in [2.24, 2.45) is 0 Å². The topological polar surface area (TPSA) is 66.5 Å². The summed E-state index contributed by atoms with van der Waals surface area (Å²) in [5, 5.41) is 3.16. The minimum atomic E-state index is -0.586. The van der Waals surface area contributed by atoms with Crippen LogP contribution in [0.4, 0.5) is 11.4 Å². The molecule has 0 spiro atoms. The van der Waals surface area contributed by atoms with E-state index in [2.05, 4.69) is 5.32 Å². The van der Waals surface area contributed by atoms with Gasteiger partial charge in [-0.2, -0.15) is 0 Å². The molecule has 0 saturated carbocycles. The first-order valence-corrected chi connectivity index (χ1v) is 9.54.